The summed E-state index contributed by atoms with van der Waals surface area (Å²) < 4.78 is 45.7. The molecule has 0 aromatic heterocycles. The molecule has 0 aliphatic heterocycles. The number of ether oxygens (including phenoxy) is 3. The topological polar surface area (TPSA) is 82.1 Å². The Hall–Kier alpha value is -2.68. The lowest BCUT2D eigenvalue weighted by atomic mass is 9.60. The standard InChI is InChI=1S/C31H41NO6S/c1-22(31(2)16-26(17-31)30(38-5)29-15-10-25(29)20-33)21-39(34,35)32(18-23-6-11-27(36-3)12-7-23)19-24-8-13-28(37-4)14-9-24/h6-9,11-14,16,20,22,25,29-30H,10,15,17-19,21H2,1-5H3/t22-,25+,29-,30+,31+/m1/s1. The van der Waals surface area contributed by atoms with Gasteiger partial charge in [-0.25, -0.2) is 8.42 Å². The second kappa shape index (κ2) is 12.2. The number of methoxy groups -OCH3 is 3. The van der Waals surface area contributed by atoms with Crippen LogP contribution >= 0.6 is 0 Å². The van der Waals surface area contributed by atoms with Gasteiger partial charge >= 0.3 is 0 Å². The van der Waals surface area contributed by atoms with Gasteiger partial charge in [-0.2, -0.15) is 4.31 Å². The summed E-state index contributed by atoms with van der Waals surface area (Å²) in [4.78, 5) is 11.4. The number of allylic oxidation sites excluding steroid dienone is 1. The molecule has 7 nitrogen and oxygen atoms in total. The first-order valence-corrected chi connectivity index (χ1v) is 15.2. The first-order valence-electron chi connectivity index (χ1n) is 13.6. The minimum Gasteiger partial charge on any atom is -0.497 e. The predicted molar refractivity (Wildman–Crippen MR) is 152 cm³/mol. The summed E-state index contributed by atoms with van der Waals surface area (Å²) in [7, 11) is 1.31. The lowest BCUT2D eigenvalue weighted by Crippen LogP contribution is -2.45. The van der Waals surface area contributed by atoms with Gasteiger partial charge in [0.15, 0.2) is 0 Å². The Morgan fingerprint density at radius 3 is 1.85 bits per heavy atom. The third-order valence-electron chi connectivity index (χ3n) is 8.68. The molecule has 0 amide bonds. The zero-order valence-corrected chi connectivity index (χ0v) is 24.4. The molecule has 2 aromatic rings. The van der Waals surface area contributed by atoms with Gasteiger partial charge in [0, 0.05) is 26.1 Å². The van der Waals surface area contributed by atoms with E-state index in [2.05, 4.69) is 13.0 Å². The summed E-state index contributed by atoms with van der Waals surface area (Å²) in [6.07, 6.45) is 5.87. The number of hydrogen-bond donors (Lipinski definition) is 0. The van der Waals surface area contributed by atoms with Gasteiger partial charge in [0.25, 0.3) is 0 Å². The lowest BCUT2D eigenvalue weighted by molar-refractivity contribution is -0.119. The molecular formula is C31H41NO6S. The Morgan fingerprint density at radius 1 is 0.949 bits per heavy atom. The number of carbonyl (C=O) groups excluding carboxylic acids is 1. The summed E-state index contributed by atoms with van der Waals surface area (Å²) in [6, 6.07) is 15.0. The van der Waals surface area contributed by atoms with E-state index in [-0.39, 0.29) is 48.1 Å². The van der Waals surface area contributed by atoms with Gasteiger partial charge in [-0.05, 0) is 77.5 Å². The van der Waals surface area contributed by atoms with E-state index in [1.165, 1.54) is 5.57 Å². The van der Waals surface area contributed by atoms with Crippen LogP contribution in [0.25, 0.3) is 0 Å². The zero-order chi connectivity index (χ0) is 28.2. The first kappa shape index (κ1) is 29.3. The molecule has 0 radical (unpaired) electrons. The van der Waals surface area contributed by atoms with Crippen LogP contribution in [0.2, 0.25) is 0 Å². The molecule has 1 fully saturated rings. The number of carbonyl (C=O) groups is 1. The van der Waals surface area contributed by atoms with Crippen LogP contribution in [0.15, 0.2) is 60.2 Å². The normalized spacial score (nSPS) is 24.2. The molecule has 39 heavy (non-hydrogen) atoms. The lowest BCUT2D eigenvalue weighted by Gasteiger charge is -2.48. The molecule has 0 bridgehead atoms. The number of nitrogens with zero attached hydrogens (tertiary/aromatic N) is 1. The van der Waals surface area contributed by atoms with Gasteiger partial charge in [0.2, 0.25) is 10.0 Å². The maximum Gasteiger partial charge on any atom is 0.215 e. The van der Waals surface area contributed by atoms with Gasteiger partial charge in [-0.3, -0.25) is 0 Å². The van der Waals surface area contributed by atoms with Gasteiger partial charge in [-0.15, -0.1) is 0 Å². The number of hydrogen-bond acceptors (Lipinski definition) is 6. The molecule has 5 atom stereocenters. The van der Waals surface area contributed by atoms with Crippen molar-refractivity contribution >= 4 is 16.3 Å². The fourth-order valence-corrected chi connectivity index (χ4v) is 7.68. The molecule has 0 heterocycles. The summed E-state index contributed by atoms with van der Waals surface area (Å²) in [5.74, 6) is 1.69. The summed E-state index contributed by atoms with van der Waals surface area (Å²) >= 11 is 0. The highest BCUT2D eigenvalue weighted by Gasteiger charge is 2.46. The van der Waals surface area contributed by atoms with Crippen LogP contribution in [0.5, 0.6) is 11.5 Å². The van der Waals surface area contributed by atoms with Crippen LogP contribution in [0.1, 0.15) is 44.2 Å². The van der Waals surface area contributed by atoms with Gasteiger partial charge < -0.3 is 19.0 Å². The maximum absolute atomic E-state index is 13.9. The van der Waals surface area contributed by atoms with Gasteiger partial charge in [0.05, 0.1) is 26.1 Å². The van der Waals surface area contributed by atoms with Crippen LogP contribution in [0.4, 0.5) is 0 Å². The van der Waals surface area contributed by atoms with Crippen molar-refractivity contribution < 1.29 is 27.4 Å². The molecular weight excluding hydrogens is 514 g/mol. The van der Waals surface area contributed by atoms with E-state index in [0.29, 0.717) is 0 Å². The van der Waals surface area contributed by atoms with E-state index in [1.807, 2.05) is 55.5 Å². The fraction of sp³-hybridized carbons (Fsp3) is 0.516. The number of rotatable bonds is 14. The summed E-state index contributed by atoms with van der Waals surface area (Å²) in [5.41, 5.74) is 2.73. The highest BCUT2D eigenvalue weighted by molar-refractivity contribution is 7.89. The van der Waals surface area contributed by atoms with Crippen LogP contribution in [0.3, 0.4) is 0 Å². The van der Waals surface area contributed by atoms with Crippen molar-refractivity contribution in [2.75, 3.05) is 27.1 Å². The molecule has 2 aromatic carbocycles. The van der Waals surface area contributed by atoms with E-state index >= 15 is 0 Å². The highest BCUT2D eigenvalue weighted by atomic mass is 32.2. The molecule has 2 aliphatic carbocycles. The summed E-state index contributed by atoms with van der Waals surface area (Å²) in [5, 5.41) is 0. The molecule has 212 valence electrons. The SMILES string of the molecule is COc1ccc(CN(Cc2ccc(OC)cc2)S(=O)(=O)C[C@@H](C)[C@@]2(C)C=C([C@H](OC)[C@@H]3CC[C@H]3C=O)C2)cc1. The average molecular weight is 556 g/mol. The Balaban J connectivity index is 1.51. The van der Waals surface area contributed by atoms with Crippen molar-refractivity contribution in [3.05, 3.63) is 71.3 Å². The highest BCUT2D eigenvalue weighted by Crippen LogP contribution is 2.51. The predicted octanol–water partition coefficient (Wildman–Crippen LogP) is 5.25. The Kier molecular flexibility index (Phi) is 9.19. The van der Waals surface area contributed by atoms with Crippen molar-refractivity contribution in [1.29, 1.82) is 0 Å². The third-order valence-corrected chi connectivity index (χ3v) is 10.6. The van der Waals surface area contributed by atoms with E-state index in [4.69, 9.17) is 14.2 Å². The molecule has 0 N–H and O–H groups in total. The monoisotopic (exact) mass is 555 g/mol. The molecule has 0 spiro atoms. The van der Waals surface area contributed by atoms with Crippen molar-refractivity contribution in [3.8, 4) is 11.5 Å². The number of benzene rings is 2. The molecule has 0 unspecified atom stereocenters. The zero-order valence-electron chi connectivity index (χ0n) is 23.6. The maximum atomic E-state index is 13.9. The van der Waals surface area contributed by atoms with Crippen molar-refractivity contribution in [1.82, 2.24) is 4.31 Å². The van der Waals surface area contributed by atoms with E-state index < -0.39 is 10.0 Å². The smallest absolute Gasteiger partial charge is 0.215 e. The van der Waals surface area contributed by atoms with Crippen molar-refractivity contribution in [2.45, 2.75) is 52.3 Å². The van der Waals surface area contributed by atoms with Gasteiger partial charge in [-0.1, -0.05) is 44.2 Å². The number of sulfonamides is 1. The van der Waals surface area contributed by atoms with Crippen molar-refractivity contribution in [3.63, 3.8) is 0 Å². The quantitative estimate of drug-likeness (QED) is 0.234. The average Bonchev–Trinajstić information content (AvgIpc) is 2.89. The fourth-order valence-electron chi connectivity index (χ4n) is 5.76. The van der Waals surface area contributed by atoms with Crippen LogP contribution < -0.4 is 9.47 Å². The van der Waals surface area contributed by atoms with Gasteiger partial charge in [0.1, 0.15) is 17.8 Å². The van der Waals surface area contributed by atoms with E-state index in [1.54, 1.807) is 25.6 Å². The molecule has 1 saturated carbocycles. The minimum atomic E-state index is -3.61. The largest absolute Gasteiger partial charge is 0.497 e. The molecule has 2 aliphatic rings. The Morgan fingerprint density at radius 2 is 1.46 bits per heavy atom. The Bertz CT molecular complexity index is 1210. The second-order valence-electron chi connectivity index (χ2n) is 11.2. The first-order chi connectivity index (χ1) is 18.6. The van der Waals surface area contributed by atoms with Crippen LogP contribution in [-0.4, -0.2) is 52.2 Å². The molecule has 4 rings (SSSR count). The van der Waals surface area contributed by atoms with Crippen molar-refractivity contribution in [2.24, 2.45) is 23.2 Å². The summed E-state index contributed by atoms with van der Waals surface area (Å²) in [6.45, 7) is 4.68. The van der Waals surface area contributed by atoms with Crippen LogP contribution in [0, 0.1) is 23.2 Å². The van der Waals surface area contributed by atoms with E-state index in [9.17, 15) is 13.2 Å². The van der Waals surface area contributed by atoms with E-state index in [0.717, 1.165) is 48.2 Å². The molecule has 8 heteroatoms. The molecule has 0 saturated heterocycles. The van der Waals surface area contributed by atoms with Crippen LogP contribution in [-0.2, 0) is 32.6 Å². The third kappa shape index (κ3) is 6.56. The minimum absolute atomic E-state index is 0.0393. The number of aldehydes is 1. The Labute approximate surface area is 233 Å². The second-order valence-corrected chi connectivity index (χ2v) is 13.3.